The topological polar surface area (TPSA) is 40.6 Å². The van der Waals surface area contributed by atoms with Crippen molar-refractivity contribution in [3.8, 4) is 0 Å². The number of sulfonamides is 1. The number of hydrogen-bond acceptors (Lipinski definition) is 3. The number of aryl methyl sites for hydroxylation is 1. The number of benzene rings is 1. The normalized spacial score (nSPS) is 27.8. The molecule has 0 bridgehead atoms. The van der Waals surface area contributed by atoms with Crippen LogP contribution in [0.15, 0.2) is 23.1 Å². The molecular formula is C15H21FN2O2S. The minimum absolute atomic E-state index is 0.0768. The predicted molar refractivity (Wildman–Crippen MR) is 79.1 cm³/mol. The first-order valence-electron chi connectivity index (χ1n) is 7.41. The van der Waals surface area contributed by atoms with Crippen LogP contribution in [0.2, 0.25) is 0 Å². The lowest BCUT2D eigenvalue weighted by Gasteiger charge is -2.41. The molecule has 0 radical (unpaired) electrons. The highest BCUT2D eigenvalue weighted by Gasteiger charge is 2.40. The van der Waals surface area contributed by atoms with Crippen molar-refractivity contribution in [3.63, 3.8) is 0 Å². The molecule has 2 saturated heterocycles. The number of nitrogens with zero attached hydrogens (tertiary/aromatic N) is 2. The van der Waals surface area contributed by atoms with Gasteiger partial charge in [-0.05, 0) is 50.9 Å². The van der Waals surface area contributed by atoms with E-state index in [-0.39, 0.29) is 10.9 Å². The van der Waals surface area contributed by atoms with Gasteiger partial charge in [0.05, 0.1) is 4.90 Å². The number of hydrogen-bond donors (Lipinski definition) is 0. The molecule has 2 atom stereocenters. The van der Waals surface area contributed by atoms with Gasteiger partial charge in [0.2, 0.25) is 10.0 Å². The van der Waals surface area contributed by atoms with Crippen molar-refractivity contribution in [1.29, 1.82) is 0 Å². The van der Waals surface area contributed by atoms with Crippen LogP contribution in [0.1, 0.15) is 25.3 Å². The lowest BCUT2D eigenvalue weighted by Crippen LogP contribution is -2.56. The number of halogens is 1. The molecule has 0 spiro atoms. The second-order valence-corrected chi connectivity index (χ2v) is 7.98. The van der Waals surface area contributed by atoms with Gasteiger partial charge in [-0.1, -0.05) is 6.07 Å². The van der Waals surface area contributed by atoms with Crippen LogP contribution in [-0.4, -0.2) is 49.3 Å². The Balaban J connectivity index is 1.95. The van der Waals surface area contributed by atoms with Crippen LogP contribution in [-0.2, 0) is 10.0 Å². The summed E-state index contributed by atoms with van der Waals surface area (Å²) in [4.78, 5) is 2.47. The molecule has 0 aromatic heterocycles. The summed E-state index contributed by atoms with van der Waals surface area (Å²) >= 11 is 0. The summed E-state index contributed by atoms with van der Waals surface area (Å²) in [5.74, 6) is -0.508. The Kier molecular flexibility index (Phi) is 3.80. The van der Waals surface area contributed by atoms with Crippen molar-refractivity contribution in [2.75, 3.05) is 19.6 Å². The Morgan fingerprint density at radius 1 is 1.29 bits per heavy atom. The molecular weight excluding hydrogens is 291 g/mol. The predicted octanol–water partition coefficient (Wildman–Crippen LogP) is 1.99. The van der Waals surface area contributed by atoms with Crippen molar-refractivity contribution < 1.29 is 12.8 Å². The van der Waals surface area contributed by atoms with Crippen LogP contribution in [0.5, 0.6) is 0 Å². The summed E-state index contributed by atoms with van der Waals surface area (Å²) in [5.41, 5.74) is 0.595. The molecule has 1 aromatic carbocycles. The maximum absolute atomic E-state index is 13.5. The molecule has 4 nitrogen and oxygen atoms in total. The standard InChI is InChI=1S/C15H21FN2O2S/c1-11-5-6-13(16)8-15(11)21(19,20)18-10-14-4-3-7-17(14)9-12(18)2/h5-6,8,12,14H,3-4,7,9-10H2,1-2H3/t12-,14-/m0/s1. The first kappa shape index (κ1) is 14.9. The third kappa shape index (κ3) is 2.60. The van der Waals surface area contributed by atoms with E-state index >= 15 is 0 Å². The molecule has 0 N–H and O–H groups in total. The van der Waals surface area contributed by atoms with Crippen molar-refractivity contribution >= 4 is 10.0 Å². The first-order valence-corrected chi connectivity index (χ1v) is 8.85. The van der Waals surface area contributed by atoms with Crippen molar-refractivity contribution in [3.05, 3.63) is 29.6 Å². The molecule has 0 unspecified atom stereocenters. The summed E-state index contributed by atoms with van der Waals surface area (Å²) in [6.07, 6.45) is 2.17. The van der Waals surface area contributed by atoms with Crippen LogP contribution in [0.25, 0.3) is 0 Å². The van der Waals surface area contributed by atoms with Crippen molar-refractivity contribution in [1.82, 2.24) is 9.21 Å². The van der Waals surface area contributed by atoms with Gasteiger partial charge in [-0.2, -0.15) is 4.31 Å². The third-order valence-electron chi connectivity index (χ3n) is 4.62. The van der Waals surface area contributed by atoms with E-state index in [1.54, 1.807) is 11.2 Å². The fraction of sp³-hybridized carbons (Fsp3) is 0.600. The molecule has 2 aliphatic rings. The van der Waals surface area contributed by atoms with E-state index in [2.05, 4.69) is 4.90 Å². The van der Waals surface area contributed by atoms with Gasteiger partial charge in [-0.25, -0.2) is 12.8 Å². The fourth-order valence-electron chi connectivity index (χ4n) is 3.47. The van der Waals surface area contributed by atoms with Crippen LogP contribution in [0.3, 0.4) is 0 Å². The van der Waals surface area contributed by atoms with Crippen LogP contribution in [0.4, 0.5) is 4.39 Å². The third-order valence-corrected chi connectivity index (χ3v) is 6.74. The number of piperazine rings is 1. The molecule has 2 heterocycles. The molecule has 0 aliphatic carbocycles. The minimum Gasteiger partial charge on any atom is -0.297 e. The average Bonchev–Trinajstić information content (AvgIpc) is 2.87. The Morgan fingerprint density at radius 3 is 2.81 bits per heavy atom. The van der Waals surface area contributed by atoms with Gasteiger partial charge >= 0.3 is 0 Å². The van der Waals surface area contributed by atoms with Gasteiger partial charge in [0.1, 0.15) is 5.82 Å². The molecule has 21 heavy (non-hydrogen) atoms. The van der Waals surface area contributed by atoms with Gasteiger partial charge in [0.25, 0.3) is 0 Å². The van der Waals surface area contributed by atoms with Gasteiger partial charge in [0, 0.05) is 25.2 Å². The van der Waals surface area contributed by atoms with E-state index in [1.165, 1.54) is 12.1 Å². The Morgan fingerprint density at radius 2 is 2.05 bits per heavy atom. The van der Waals surface area contributed by atoms with Crippen molar-refractivity contribution in [2.24, 2.45) is 0 Å². The average molecular weight is 312 g/mol. The molecule has 1 aromatic rings. The minimum atomic E-state index is -3.64. The van der Waals surface area contributed by atoms with Crippen LogP contribution < -0.4 is 0 Å². The van der Waals surface area contributed by atoms with E-state index in [9.17, 15) is 12.8 Å². The first-order chi connectivity index (χ1) is 9.89. The Hall–Kier alpha value is -0.980. The largest absolute Gasteiger partial charge is 0.297 e. The number of fused-ring (bicyclic) bond motifs is 1. The monoisotopic (exact) mass is 312 g/mol. The molecule has 6 heteroatoms. The maximum Gasteiger partial charge on any atom is 0.243 e. The van der Waals surface area contributed by atoms with E-state index in [4.69, 9.17) is 0 Å². The highest BCUT2D eigenvalue weighted by atomic mass is 32.2. The molecule has 3 rings (SSSR count). The molecule has 116 valence electrons. The van der Waals surface area contributed by atoms with E-state index in [1.807, 2.05) is 6.92 Å². The Bertz CT molecular complexity index is 647. The molecule has 0 saturated carbocycles. The van der Waals surface area contributed by atoms with Gasteiger partial charge < -0.3 is 0 Å². The fourth-order valence-corrected chi connectivity index (χ4v) is 5.37. The van der Waals surface area contributed by atoms with Crippen molar-refractivity contribution in [2.45, 2.75) is 43.7 Å². The second-order valence-electron chi connectivity index (χ2n) is 6.12. The molecule has 2 fully saturated rings. The lowest BCUT2D eigenvalue weighted by molar-refractivity contribution is 0.117. The maximum atomic E-state index is 13.5. The SMILES string of the molecule is Cc1ccc(F)cc1S(=O)(=O)N1C[C@@H]2CCCN2C[C@@H]1C. The summed E-state index contributed by atoms with van der Waals surface area (Å²) in [7, 11) is -3.64. The molecule has 0 amide bonds. The second kappa shape index (κ2) is 5.34. The van der Waals surface area contributed by atoms with E-state index in [0.29, 0.717) is 18.2 Å². The highest BCUT2D eigenvalue weighted by molar-refractivity contribution is 7.89. The zero-order valence-corrected chi connectivity index (χ0v) is 13.2. The lowest BCUT2D eigenvalue weighted by atomic mass is 10.1. The number of rotatable bonds is 2. The van der Waals surface area contributed by atoms with Gasteiger partial charge in [-0.3, -0.25) is 4.90 Å². The quantitative estimate of drug-likeness (QED) is 0.838. The van der Waals surface area contributed by atoms with E-state index in [0.717, 1.165) is 32.0 Å². The zero-order valence-electron chi connectivity index (χ0n) is 12.4. The summed E-state index contributed by atoms with van der Waals surface area (Å²) < 4.78 is 40.8. The summed E-state index contributed by atoms with van der Waals surface area (Å²) in [6.45, 7) is 5.98. The van der Waals surface area contributed by atoms with Crippen LogP contribution >= 0.6 is 0 Å². The Labute approximate surface area is 125 Å². The highest BCUT2D eigenvalue weighted by Crippen LogP contribution is 2.30. The summed E-state index contributed by atoms with van der Waals surface area (Å²) in [5, 5.41) is 0. The summed E-state index contributed by atoms with van der Waals surface area (Å²) in [6, 6.07) is 4.20. The zero-order chi connectivity index (χ0) is 15.2. The van der Waals surface area contributed by atoms with Gasteiger partial charge in [-0.15, -0.1) is 0 Å². The van der Waals surface area contributed by atoms with Crippen LogP contribution in [0, 0.1) is 12.7 Å². The van der Waals surface area contributed by atoms with Gasteiger partial charge in [0.15, 0.2) is 0 Å². The molecule has 2 aliphatic heterocycles. The smallest absolute Gasteiger partial charge is 0.243 e. The van der Waals surface area contributed by atoms with E-state index < -0.39 is 15.8 Å².